The molecule has 0 saturated carbocycles. The van der Waals surface area contributed by atoms with E-state index in [1.165, 1.54) is 6.92 Å². The zero-order valence-electron chi connectivity index (χ0n) is 11.4. The molecule has 0 saturated heterocycles. The Bertz CT molecular complexity index is 572. The number of hydrogen-bond donors (Lipinski definition) is 3. The SMILES string of the molecule is CC(=O)N[C@H](NC(=S)Nc1c(C)cc(Br)cc1Br)C(Cl)(Cl)Cl. The average Bonchev–Trinajstić information content (AvgIpc) is 2.31. The van der Waals surface area contributed by atoms with Gasteiger partial charge in [-0.2, -0.15) is 0 Å². The van der Waals surface area contributed by atoms with Crippen molar-refractivity contribution in [2.24, 2.45) is 0 Å². The van der Waals surface area contributed by atoms with Crippen LogP contribution in [0.2, 0.25) is 0 Å². The highest BCUT2D eigenvalue weighted by Gasteiger charge is 2.34. The van der Waals surface area contributed by atoms with E-state index in [1.807, 2.05) is 19.1 Å². The van der Waals surface area contributed by atoms with E-state index in [0.29, 0.717) is 0 Å². The summed E-state index contributed by atoms with van der Waals surface area (Å²) in [5, 5.41) is 8.46. The van der Waals surface area contributed by atoms with Crippen molar-refractivity contribution < 1.29 is 4.79 Å². The molecule has 0 aliphatic carbocycles. The lowest BCUT2D eigenvalue weighted by Crippen LogP contribution is -2.55. The third kappa shape index (κ3) is 6.37. The largest absolute Gasteiger partial charge is 0.339 e. The Labute approximate surface area is 165 Å². The number of thiocarbonyl (C=S) groups is 1. The normalized spacial score (nSPS) is 12.5. The zero-order valence-corrected chi connectivity index (χ0v) is 17.7. The molecule has 0 fully saturated rings. The molecule has 0 unspecified atom stereocenters. The maximum absolute atomic E-state index is 11.2. The van der Waals surface area contributed by atoms with Gasteiger partial charge in [0.05, 0.1) is 5.69 Å². The van der Waals surface area contributed by atoms with Crippen molar-refractivity contribution in [2.75, 3.05) is 5.32 Å². The summed E-state index contributed by atoms with van der Waals surface area (Å²) in [6, 6.07) is 3.80. The number of rotatable bonds is 3. The third-order valence-corrected chi connectivity index (χ3v) is 4.40. The van der Waals surface area contributed by atoms with E-state index in [4.69, 9.17) is 47.0 Å². The van der Waals surface area contributed by atoms with Gasteiger partial charge < -0.3 is 16.0 Å². The molecule has 1 aromatic carbocycles. The Morgan fingerprint density at radius 2 is 1.86 bits per heavy atom. The van der Waals surface area contributed by atoms with E-state index in [2.05, 4.69) is 47.8 Å². The molecular weight excluding hydrogens is 500 g/mol. The molecular formula is C12H12Br2Cl3N3OS. The van der Waals surface area contributed by atoms with Gasteiger partial charge in [0, 0.05) is 15.9 Å². The van der Waals surface area contributed by atoms with Crippen LogP contribution in [0, 0.1) is 6.92 Å². The fraction of sp³-hybridized carbons (Fsp3) is 0.333. The van der Waals surface area contributed by atoms with E-state index in [1.54, 1.807) is 0 Å². The number of hydrogen-bond acceptors (Lipinski definition) is 2. The smallest absolute Gasteiger partial charge is 0.228 e. The maximum atomic E-state index is 11.2. The van der Waals surface area contributed by atoms with Gasteiger partial charge in [-0.15, -0.1) is 0 Å². The van der Waals surface area contributed by atoms with E-state index < -0.39 is 9.96 Å². The van der Waals surface area contributed by atoms with Crippen LogP contribution in [0.1, 0.15) is 12.5 Å². The molecule has 1 aromatic rings. The van der Waals surface area contributed by atoms with Crippen LogP contribution in [0.15, 0.2) is 21.1 Å². The minimum atomic E-state index is -1.76. The van der Waals surface area contributed by atoms with Crippen molar-refractivity contribution in [3.8, 4) is 0 Å². The first-order chi connectivity index (χ1) is 10.0. The predicted octanol–water partition coefficient (Wildman–Crippen LogP) is 4.64. The molecule has 1 amide bonds. The molecule has 1 rings (SSSR count). The quantitative estimate of drug-likeness (QED) is 0.314. The second-order valence-electron chi connectivity index (χ2n) is 4.35. The number of aryl methyl sites for hydroxylation is 1. The van der Waals surface area contributed by atoms with Crippen LogP contribution in [0.5, 0.6) is 0 Å². The highest BCUT2D eigenvalue weighted by Crippen LogP contribution is 2.31. The second-order valence-corrected chi connectivity index (χ2v) is 8.90. The van der Waals surface area contributed by atoms with Gasteiger partial charge in [0.25, 0.3) is 0 Å². The van der Waals surface area contributed by atoms with Crippen molar-refractivity contribution in [3.63, 3.8) is 0 Å². The number of nitrogens with one attached hydrogen (secondary N) is 3. The van der Waals surface area contributed by atoms with Gasteiger partial charge >= 0.3 is 0 Å². The summed E-state index contributed by atoms with van der Waals surface area (Å²) in [6.45, 7) is 3.23. The van der Waals surface area contributed by atoms with Crippen molar-refractivity contribution in [2.45, 2.75) is 23.8 Å². The second kappa shape index (κ2) is 8.35. The Morgan fingerprint density at radius 3 is 2.32 bits per heavy atom. The number of benzene rings is 1. The molecule has 0 aromatic heterocycles. The molecule has 0 aliphatic rings. The van der Waals surface area contributed by atoms with E-state index in [-0.39, 0.29) is 11.0 Å². The van der Waals surface area contributed by atoms with Crippen LogP contribution in [0.3, 0.4) is 0 Å². The zero-order chi connectivity index (χ0) is 17.1. The van der Waals surface area contributed by atoms with Crippen molar-refractivity contribution in [1.82, 2.24) is 10.6 Å². The highest BCUT2D eigenvalue weighted by atomic mass is 79.9. The summed E-state index contributed by atoms with van der Waals surface area (Å²) in [5.41, 5.74) is 1.72. The van der Waals surface area contributed by atoms with Gasteiger partial charge in [0.2, 0.25) is 9.70 Å². The van der Waals surface area contributed by atoms with Crippen molar-refractivity contribution >= 4 is 95.6 Å². The molecule has 0 bridgehead atoms. The third-order valence-electron chi connectivity index (χ3n) is 2.44. The van der Waals surface area contributed by atoms with Gasteiger partial charge in [-0.25, -0.2) is 0 Å². The topological polar surface area (TPSA) is 53.2 Å². The molecule has 122 valence electrons. The lowest BCUT2D eigenvalue weighted by Gasteiger charge is -2.27. The lowest BCUT2D eigenvalue weighted by molar-refractivity contribution is -0.119. The minimum absolute atomic E-state index is 0.205. The van der Waals surface area contributed by atoms with Gasteiger partial charge in [-0.1, -0.05) is 50.7 Å². The van der Waals surface area contributed by atoms with Gasteiger partial charge in [0.15, 0.2) is 5.11 Å². The first-order valence-electron chi connectivity index (χ1n) is 5.87. The van der Waals surface area contributed by atoms with Crippen LogP contribution < -0.4 is 16.0 Å². The molecule has 4 nitrogen and oxygen atoms in total. The van der Waals surface area contributed by atoms with Crippen molar-refractivity contribution in [3.05, 3.63) is 26.6 Å². The highest BCUT2D eigenvalue weighted by molar-refractivity contribution is 9.11. The van der Waals surface area contributed by atoms with Gasteiger partial charge in [-0.3, -0.25) is 4.79 Å². The summed E-state index contributed by atoms with van der Waals surface area (Å²) in [5.74, 6) is -0.354. The standard InChI is InChI=1S/C12H12Br2Cl3N3OS/c1-5-3-7(13)4-8(14)9(5)19-11(22)20-10(12(15,16)17)18-6(2)21/h3-4,10H,1-2H3,(H,18,21)(H2,19,20,22)/t10-/m1/s1. The summed E-state index contributed by atoms with van der Waals surface area (Å²) in [7, 11) is 0. The summed E-state index contributed by atoms with van der Waals surface area (Å²) in [4.78, 5) is 11.2. The number of halogens is 5. The summed E-state index contributed by atoms with van der Waals surface area (Å²) in [6.07, 6.45) is -0.968. The number of carbonyl (C=O) groups is 1. The first kappa shape index (κ1) is 20.3. The molecule has 10 heteroatoms. The summed E-state index contributed by atoms with van der Waals surface area (Å²) >= 11 is 29.5. The first-order valence-corrected chi connectivity index (χ1v) is 9.00. The molecule has 0 radical (unpaired) electrons. The summed E-state index contributed by atoms with van der Waals surface area (Å²) < 4.78 is -0.0177. The number of carbonyl (C=O) groups excluding carboxylic acids is 1. The van der Waals surface area contributed by atoms with Gasteiger partial charge in [0.1, 0.15) is 6.17 Å². The molecule has 0 heterocycles. The number of anilines is 1. The van der Waals surface area contributed by atoms with E-state index in [0.717, 1.165) is 20.2 Å². The Kier molecular flexibility index (Phi) is 7.69. The van der Waals surface area contributed by atoms with Crippen LogP contribution in [0.25, 0.3) is 0 Å². The van der Waals surface area contributed by atoms with Crippen LogP contribution in [0.4, 0.5) is 5.69 Å². The monoisotopic (exact) mass is 509 g/mol. The molecule has 3 N–H and O–H groups in total. The molecule has 0 aliphatic heterocycles. The molecule has 22 heavy (non-hydrogen) atoms. The van der Waals surface area contributed by atoms with Crippen LogP contribution in [-0.4, -0.2) is 21.0 Å². The maximum Gasteiger partial charge on any atom is 0.228 e. The lowest BCUT2D eigenvalue weighted by atomic mass is 10.2. The minimum Gasteiger partial charge on any atom is -0.339 e. The Hall–Kier alpha value is 0.210. The van der Waals surface area contributed by atoms with Crippen LogP contribution in [-0.2, 0) is 4.79 Å². The number of amides is 1. The fourth-order valence-corrected chi connectivity index (χ4v) is 3.63. The van der Waals surface area contributed by atoms with E-state index >= 15 is 0 Å². The van der Waals surface area contributed by atoms with Crippen molar-refractivity contribution in [1.29, 1.82) is 0 Å². The average molecular weight is 512 g/mol. The van der Waals surface area contributed by atoms with E-state index in [9.17, 15) is 4.79 Å². The predicted molar refractivity (Wildman–Crippen MR) is 104 cm³/mol. The number of alkyl halides is 3. The molecule has 0 spiro atoms. The molecule has 1 atom stereocenters. The van der Waals surface area contributed by atoms with Gasteiger partial charge in [-0.05, 0) is 52.8 Å². The van der Waals surface area contributed by atoms with Crippen LogP contribution >= 0.6 is 78.9 Å². The Balaban J connectivity index is 2.87. The Morgan fingerprint density at radius 1 is 1.27 bits per heavy atom. The fourth-order valence-electron chi connectivity index (χ4n) is 1.54.